The SMILES string of the molecule is NC(=S)N(N=Cc1cccc(-c2cccc(Cl)c2)c1O)c1cccc(C(=O)O)c1. The number of nitrogens with two attached hydrogens (primary N) is 1. The molecular formula is C21H16ClN3O3S. The Bertz CT molecular complexity index is 1120. The molecule has 0 saturated heterocycles. The van der Waals surface area contributed by atoms with Crippen LogP contribution in [-0.2, 0) is 0 Å². The molecule has 0 atom stereocenters. The van der Waals surface area contributed by atoms with Crippen LogP contribution >= 0.6 is 23.8 Å². The van der Waals surface area contributed by atoms with Gasteiger partial charge in [0.1, 0.15) is 5.75 Å². The van der Waals surface area contributed by atoms with E-state index in [4.69, 9.17) is 34.7 Å². The minimum absolute atomic E-state index is 0.0145. The van der Waals surface area contributed by atoms with Gasteiger partial charge in [0.05, 0.1) is 17.5 Å². The number of benzene rings is 3. The third-order valence-corrected chi connectivity index (χ3v) is 4.47. The number of aromatic hydroxyl groups is 1. The highest BCUT2D eigenvalue weighted by molar-refractivity contribution is 7.80. The number of halogens is 1. The zero-order valence-corrected chi connectivity index (χ0v) is 16.6. The molecule has 0 amide bonds. The Labute approximate surface area is 177 Å². The van der Waals surface area contributed by atoms with Crippen molar-refractivity contribution in [1.29, 1.82) is 0 Å². The lowest BCUT2D eigenvalue weighted by Crippen LogP contribution is -2.31. The third kappa shape index (κ3) is 4.71. The summed E-state index contributed by atoms with van der Waals surface area (Å²) < 4.78 is 0. The summed E-state index contributed by atoms with van der Waals surface area (Å²) in [7, 11) is 0. The van der Waals surface area contributed by atoms with Crippen LogP contribution in [0.5, 0.6) is 5.75 Å². The molecule has 3 aromatic carbocycles. The molecule has 0 unspecified atom stereocenters. The van der Waals surface area contributed by atoms with Crippen molar-refractivity contribution in [2.24, 2.45) is 10.8 Å². The molecule has 29 heavy (non-hydrogen) atoms. The van der Waals surface area contributed by atoms with Crippen LogP contribution in [0.3, 0.4) is 0 Å². The maximum Gasteiger partial charge on any atom is 0.335 e. The number of aromatic carboxylic acids is 1. The van der Waals surface area contributed by atoms with E-state index in [-0.39, 0.29) is 16.4 Å². The van der Waals surface area contributed by atoms with E-state index < -0.39 is 5.97 Å². The van der Waals surface area contributed by atoms with Gasteiger partial charge in [0.25, 0.3) is 0 Å². The molecule has 8 heteroatoms. The molecule has 0 aliphatic carbocycles. The number of rotatable bonds is 5. The second-order valence-electron chi connectivity index (χ2n) is 6.00. The molecule has 146 valence electrons. The Morgan fingerprint density at radius 1 is 1.10 bits per heavy atom. The van der Waals surface area contributed by atoms with Crippen LogP contribution in [0, 0.1) is 0 Å². The number of anilines is 1. The summed E-state index contributed by atoms with van der Waals surface area (Å²) in [5.74, 6) is -1.06. The number of phenolic OH excluding ortho intramolecular Hbond substituents is 1. The zero-order valence-electron chi connectivity index (χ0n) is 15.0. The number of carboxylic acid groups (broad SMARTS) is 1. The highest BCUT2D eigenvalue weighted by atomic mass is 35.5. The average molecular weight is 426 g/mol. The molecule has 0 radical (unpaired) electrons. The summed E-state index contributed by atoms with van der Waals surface area (Å²) in [5, 5.41) is 25.8. The first-order valence-electron chi connectivity index (χ1n) is 8.41. The number of hydrazone groups is 1. The maximum absolute atomic E-state index is 11.2. The topological polar surface area (TPSA) is 99.1 Å². The van der Waals surface area contributed by atoms with Gasteiger partial charge in [0, 0.05) is 16.1 Å². The van der Waals surface area contributed by atoms with Gasteiger partial charge < -0.3 is 15.9 Å². The summed E-state index contributed by atoms with van der Waals surface area (Å²) in [6, 6.07) is 18.4. The summed E-state index contributed by atoms with van der Waals surface area (Å²) in [4.78, 5) is 11.2. The molecule has 0 saturated carbocycles. The minimum Gasteiger partial charge on any atom is -0.507 e. The highest BCUT2D eigenvalue weighted by Crippen LogP contribution is 2.32. The van der Waals surface area contributed by atoms with Gasteiger partial charge in [-0.15, -0.1) is 0 Å². The lowest BCUT2D eigenvalue weighted by molar-refractivity contribution is 0.0697. The number of hydrogen-bond donors (Lipinski definition) is 3. The molecule has 3 aromatic rings. The smallest absolute Gasteiger partial charge is 0.335 e. The van der Waals surface area contributed by atoms with E-state index in [2.05, 4.69) is 5.10 Å². The standard InChI is InChI=1S/C21H16ClN3O3S/c22-16-7-1-4-13(10-16)18-9-3-6-15(19(18)26)12-24-25(21(23)29)17-8-2-5-14(11-17)20(27)28/h1-12,26H,(H2,23,29)(H,27,28). The Balaban J connectivity index is 1.97. The zero-order chi connectivity index (χ0) is 21.0. The van der Waals surface area contributed by atoms with Gasteiger partial charge in [-0.2, -0.15) is 5.10 Å². The highest BCUT2D eigenvalue weighted by Gasteiger charge is 2.12. The number of carbonyl (C=O) groups is 1. The van der Waals surface area contributed by atoms with E-state index in [1.165, 1.54) is 23.4 Å². The summed E-state index contributed by atoms with van der Waals surface area (Å²) in [5.41, 5.74) is 7.99. The Morgan fingerprint density at radius 2 is 1.83 bits per heavy atom. The van der Waals surface area contributed by atoms with E-state index in [1.54, 1.807) is 48.5 Å². The van der Waals surface area contributed by atoms with E-state index in [0.29, 0.717) is 21.8 Å². The first-order valence-corrected chi connectivity index (χ1v) is 9.20. The van der Waals surface area contributed by atoms with Crippen LogP contribution in [0.4, 0.5) is 5.69 Å². The molecule has 0 fully saturated rings. The molecule has 0 bridgehead atoms. The monoisotopic (exact) mass is 425 g/mol. The first kappa shape index (κ1) is 20.3. The lowest BCUT2D eigenvalue weighted by atomic mass is 10.0. The van der Waals surface area contributed by atoms with Crippen LogP contribution in [-0.4, -0.2) is 27.5 Å². The van der Waals surface area contributed by atoms with Crippen LogP contribution in [0.25, 0.3) is 11.1 Å². The van der Waals surface area contributed by atoms with Crippen molar-refractivity contribution in [3.8, 4) is 16.9 Å². The molecule has 0 aromatic heterocycles. The lowest BCUT2D eigenvalue weighted by Gasteiger charge is -2.17. The predicted molar refractivity (Wildman–Crippen MR) is 119 cm³/mol. The van der Waals surface area contributed by atoms with Crippen molar-refractivity contribution >= 4 is 46.8 Å². The van der Waals surface area contributed by atoms with Crippen LogP contribution in [0.15, 0.2) is 71.8 Å². The number of phenols is 1. The van der Waals surface area contributed by atoms with Crippen LogP contribution in [0.1, 0.15) is 15.9 Å². The second kappa shape index (κ2) is 8.72. The van der Waals surface area contributed by atoms with E-state index in [0.717, 1.165) is 5.56 Å². The quantitative estimate of drug-likeness (QED) is 0.316. The van der Waals surface area contributed by atoms with Gasteiger partial charge in [-0.25, -0.2) is 9.80 Å². The van der Waals surface area contributed by atoms with Gasteiger partial charge >= 0.3 is 5.97 Å². The molecular weight excluding hydrogens is 410 g/mol. The fourth-order valence-electron chi connectivity index (χ4n) is 2.70. The van der Waals surface area contributed by atoms with Gasteiger partial charge in [-0.3, -0.25) is 0 Å². The molecule has 0 aliphatic rings. The molecule has 3 rings (SSSR count). The largest absolute Gasteiger partial charge is 0.507 e. The van der Waals surface area contributed by atoms with Crippen molar-refractivity contribution < 1.29 is 15.0 Å². The number of carboxylic acids is 1. The Morgan fingerprint density at radius 3 is 2.52 bits per heavy atom. The van der Waals surface area contributed by atoms with Crippen molar-refractivity contribution in [3.05, 3.63) is 82.9 Å². The van der Waals surface area contributed by atoms with E-state index >= 15 is 0 Å². The number of thiocarbonyl (C=S) groups is 1. The number of para-hydroxylation sites is 1. The number of hydrogen-bond acceptors (Lipinski definition) is 4. The van der Waals surface area contributed by atoms with Crippen LogP contribution in [0.2, 0.25) is 5.02 Å². The summed E-state index contributed by atoms with van der Waals surface area (Å²) >= 11 is 11.1. The molecule has 4 N–H and O–H groups in total. The van der Waals surface area contributed by atoms with E-state index in [1.807, 2.05) is 6.07 Å². The Kier molecular flexibility index (Phi) is 6.11. The second-order valence-corrected chi connectivity index (χ2v) is 6.86. The minimum atomic E-state index is -1.08. The fourth-order valence-corrected chi connectivity index (χ4v) is 3.04. The number of nitrogens with zero attached hydrogens (tertiary/aromatic N) is 2. The molecule has 0 aliphatic heterocycles. The van der Waals surface area contributed by atoms with Gasteiger partial charge in [-0.05, 0) is 54.2 Å². The predicted octanol–water partition coefficient (Wildman–Crippen LogP) is 4.49. The van der Waals surface area contributed by atoms with Crippen molar-refractivity contribution in [1.82, 2.24) is 0 Å². The maximum atomic E-state index is 11.2. The van der Waals surface area contributed by atoms with E-state index in [9.17, 15) is 9.90 Å². The van der Waals surface area contributed by atoms with Crippen molar-refractivity contribution in [2.75, 3.05) is 5.01 Å². The van der Waals surface area contributed by atoms with Gasteiger partial charge in [-0.1, -0.05) is 41.9 Å². The average Bonchev–Trinajstić information content (AvgIpc) is 2.69. The molecule has 0 heterocycles. The Hall–Kier alpha value is -3.42. The van der Waals surface area contributed by atoms with Crippen LogP contribution < -0.4 is 10.7 Å². The third-order valence-electron chi connectivity index (χ3n) is 4.06. The molecule has 0 spiro atoms. The summed E-state index contributed by atoms with van der Waals surface area (Å²) in [6.45, 7) is 0. The molecule has 6 nitrogen and oxygen atoms in total. The summed E-state index contributed by atoms with van der Waals surface area (Å²) in [6.07, 6.45) is 1.40. The van der Waals surface area contributed by atoms with Gasteiger partial charge in [0.2, 0.25) is 0 Å². The fraction of sp³-hybridized carbons (Fsp3) is 0. The first-order chi connectivity index (χ1) is 13.9. The van der Waals surface area contributed by atoms with Crippen molar-refractivity contribution in [2.45, 2.75) is 0 Å². The van der Waals surface area contributed by atoms with Gasteiger partial charge in [0.15, 0.2) is 5.11 Å². The van der Waals surface area contributed by atoms with Crippen molar-refractivity contribution in [3.63, 3.8) is 0 Å². The normalized spacial score (nSPS) is 10.8.